The summed E-state index contributed by atoms with van der Waals surface area (Å²) in [6.07, 6.45) is 0. The summed E-state index contributed by atoms with van der Waals surface area (Å²) in [7, 11) is 2.13. The lowest BCUT2D eigenvalue weighted by Crippen LogP contribution is -2.45. The van der Waals surface area contributed by atoms with Crippen LogP contribution in [0.3, 0.4) is 0 Å². The van der Waals surface area contributed by atoms with Crippen molar-refractivity contribution in [2.24, 2.45) is 0 Å². The summed E-state index contributed by atoms with van der Waals surface area (Å²) in [6.45, 7) is 3.98. The van der Waals surface area contributed by atoms with Crippen LogP contribution in [0.1, 0.15) is 10.4 Å². The fourth-order valence-corrected chi connectivity index (χ4v) is 3.46. The minimum Gasteiger partial charge on any atom is -0.367 e. The van der Waals surface area contributed by atoms with E-state index < -0.39 is 0 Å². The maximum absolute atomic E-state index is 12.3. The van der Waals surface area contributed by atoms with E-state index >= 15 is 0 Å². The number of carbonyl (C=O) groups is 1. The van der Waals surface area contributed by atoms with Crippen LogP contribution in [-0.4, -0.2) is 49.1 Å². The van der Waals surface area contributed by atoms with Gasteiger partial charge in [0.1, 0.15) is 0 Å². The van der Waals surface area contributed by atoms with Crippen LogP contribution in [0.5, 0.6) is 0 Å². The molecule has 1 fully saturated rings. The number of para-hydroxylation sites is 2. The molecule has 0 radical (unpaired) electrons. The van der Waals surface area contributed by atoms with Crippen molar-refractivity contribution in [1.82, 2.24) is 10.2 Å². The number of likely N-dealkylation sites (N-methyl/N-ethyl adjacent to an activating group) is 1. The molecule has 0 saturated carbocycles. The van der Waals surface area contributed by atoms with Crippen LogP contribution in [0.15, 0.2) is 53.0 Å². The highest BCUT2D eigenvalue weighted by molar-refractivity contribution is 9.10. The van der Waals surface area contributed by atoms with E-state index in [0.717, 1.165) is 42.0 Å². The Hall–Kier alpha value is -1.96. The minimum atomic E-state index is -0.235. The molecule has 1 aliphatic heterocycles. The van der Waals surface area contributed by atoms with E-state index in [0.29, 0.717) is 5.56 Å². The lowest BCUT2D eigenvalue weighted by molar-refractivity contribution is 0.0977. The van der Waals surface area contributed by atoms with Gasteiger partial charge in [0.25, 0.3) is 5.91 Å². The number of carbonyl (C=O) groups excluding carboxylic acids is 1. The first-order valence-corrected chi connectivity index (χ1v) is 9.63. The molecule has 2 aromatic rings. The van der Waals surface area contributed by atoms with Gasteiger partial charge in [-0.05, 0) is 49.6 Å². The van der Waals surface area contributed by atoms with Gasteiger partial charge in [-0.3, -0.25) is 10.1 Å². The number of hydrogen-bond acceptors (Lipinski definition) is 4. The Labute approximate surface area is 167 Å². The van der Waals surface area contributed by atoms with Gasteiger partial charge in [-0.25, -0.2) is 0 Å². The second kappa shape index (κ2) is 8.62. The van der Waals surface area contributed by atoms with Crippen molar-refractivity contribution in [2.45, 2.75) is 0 Å². The molecule has 1 amide bonds. The number of anilines is 2. The molecule has 1 heterocycles. The van der Waals surface area contributed by atoms with E-state index in [-0.39, 0.29) is 11.0 Å². The van der Waals surface area contributed by atoms with Crippen LogP contribution in [0.4, 0.5) is 11.4 Å². The van der Waals surface area contributed by atoms with Gasteiger partial charge in [-0.2, -0.15) is 0 Å². The van der Waals surface area contributed by atoms with Gasteiger partial charge in [-0.15, -0.1) is 0 Å². The highest BCUT2D eigenvalue weighted by Crippen LogP contribution is 2.26. The van der Waals surface area contributed by atoms with E-state index in [4.69, 9.17) is 12.2 Å². The molecule has 1 saturated heterocycles. The first-order chi connectivity index (χ1) is 12.5. The first-order valence-electron chi connectivity index (χ1n) is 8.43. The molecule has 0 aromatic heterocycles. The topological polar surface area (TPSA) is 47.6 Å². The number of piperazine rings is 1. The second-order valence-corrected chi connectivity index (χ2v) is 7.55. The molecule has 7 heteroatoms. The van der Waals surface area contributed by atoms with E-state index in [2.05, 4.69) is 49.5 Å². The maximum atomic E-state index is 12.3. The van der Waals surface area contributed by atoms with E-state index in [9.17, 15) is 4.79 Å². The van der Waals surface area contributed by atoms with Crippen molar-refractivity contribution in [3.05, 3.63) is 58.6 Å². The van der Waals surface area contributed by atoms with Crippen LogP contribution in [-0.2, 0) is 0 Å². The predicted octanol–water partition coefficient (Wildman–Crippen LogP) is 3.33. The predicted molar refractivity (Wildman–Crippen MR) is 114 cm³/mol. The average Bonchev–Trinajstić information content (AvgIpc) is 2.63. The molecule has 3 rings (SSSR count). The molecule has 0 atom stereocenters. The fraction of sp³-hybridized carbons (Fsp3) is 0.263. The van der Waals surface area contributed by atoms with Crippen LogP contribution < -0.4 is 15.5 Å². The smallest absolute Gasteiger partial charge is 0.257 e. The summed E-state index contributed by atoms with van der Waals surface area (Å²) in [4.78, 5) is 17.0. The molecule has 5 nitrogen and oxygen atoms in total. The summed E-state index contributed by atoms with van der Waals surface area (Å²) in [5.74, 6) is -0.235. The number of rotatable bonds is 3. The molecule has 0 aliphatic carbocycles. The normalized spacial score (nSPS) is 14.8. The van der Waals surface area contributed by atoms with Crippen molar-refractivity contribution in [2.75, 3.05) is 43.4 Å². The monoisotopic (exact) mass is 432 g/mol. The highest BCUT2D eigenvalue weighted by atomic mass is 79.9. The molecule has 1 aliphatic rings. The van der Waals surface area contributed by atoms with Gasteiger partial charge >= 0.3 is 0 Å². The maximum Gasteiger partial charge on any atom is 0.257 e. The van der Waals surface area contributed by atoms with Crippen LogP contribution in [0, 0.1) is 0 Å². The largest absolute Gasteiger partial charge is 0.367 e. The Morgan fingerprint density at radius 2 is 1.81 bits per heavy atom. The minimum absolute atomic E-state index is 0.235. The third-order valence-electron chi connectivity index (χ3n) is 4.31. The molecule has 0 bridgehead atoms. The molecule has 0 spiro atoms. The van der Waals surface area contributed by atoms with Gasteiger partial charge in [0, 0.05) is 36.2 Å². The van der Waals surface area contributed by atoms with E-state index in [1.54, 1.807) is 12.1 Å². The fourth-order valence-electron chi connectivity index (χ4n) is 2.86. The van der Waals surface area contributed by atoms with Crippen LogP contribution in [0.25, 0.3) is 0 Å². The number of amides is 1. The summed E-state index contributed by atoms with van der Waals surface area (Å²) in [5.41, 5.74) is 2.55. The number of halogens is 1. The molecule has 26 heavy (non-hydrogen) atoms. The molecule has 136 valence electrons. The summed E-state index contributed by atoms with van der Waals surface area (Å²) in [6, 6.07) is 15.2. The third kappa shape index (κ3) is 4.81. The average molecular weight is 433 g/mol. The third-order valence-corrected chi connectivity index (χ3v) is 5.01. The van der Waals surface area contributed by atoms with Gasteiger partial charge in [0.15, 0.2) is 5.11 Å². The zero-order valence-electron chi connectivity index (χ0n) is 14.5. The summed E-state index contributed by atoms with van der Waals surface area (Å²) in [5, 5.41) is 6.20. The molecule has 0 unspecified atom stereocenters. The van der Waals surface area contributed by atoms with Crippen molar-refractivity contribution in [3.63, 3.8) is 0 Å². The Morgan fingerprint density at radius 3 is 2.54 bits per heavy atom. The Balaban J connectivity index is 1.67. The number of nitrogens with zero attached hydrogens (tertiary/aromatic N) is 2. The standard InChI is InChI=1S/C19H21BrN4OS/c1-23-9-11-24(12-10-23)17-8-3-2-7-16(17)21-19(26)22-18(25)14-5-4-6-15(20)13-14/h2-8,13H,9-12H2,1H3,(H2,21,22,25,26). The van der Waals surface area contributed by atoms with Crippen LogP contribution in [0.2, 0.25) is 0 Å². The van der Waals surface area contributed by atoms with Crippen molar-refractivity contribution < 1.29 is 4.79 Å². The van der Waals surface area contributed by atoms with Crippen molar-refractivity contribution >= 4 is 50.5 Å². The van der Waals surface area contributed by atoms with Gasteiger partial charge < -0.3 is 15.1 Å². The number of benzene rings is 2. The molecular formula is C19H21BrN4OS. The quantitative estimate of drug-likeness (QED) is 0.728. The van der Waals surface area contributed by atoms with Gasteiger partial charge in [-0.1, -0.05) is 34.1 Å². The zero-order valence-corrected chi connectivity index (χ0v) is 16.9. The van der Waals surface area contributed by atoms with E-state index in [1.807, 2.05) is 30.3 Å². The SMILES string of the molecule is CN1CCN(c2ccccc2NC(=S)NC(=O)c2cccc(Br)c2)CC1. The van der Waals surface area contributed by atoms with E-state index in [1.165, 1.54) is 0 Å². The lowest BCUT2D eigenvalue weighted by Gasteiger charge is -2.35. The first kappa shape index (κ1) is 18.8. The lowest BCUT2D eigenvalue weighted by atomic mass is 10.2. The number of nitrogens with one attached hydrogen (secondary N) is 2. The van der Waals surface area contributed by atoms with Gasteiger partial charge in [0.2, 0.25) is 0 Å². The highest BCUT2D eigenvalue weighted by Gasteiger charge is 2.17. The second-order valence-electron chi connectivity index (χ2n) is 6.23. The number of thiocarbonyl (C=S) groups is 1. The zero-order chi connectivity index (χ0) is 18.5. The Kier molecular flexibility index (Phi) is 6.24. The van der Waals surface area contributed by atoms with Crippen LogP contribution >= 0.6 is 28.1 Å². The molecule has 2 aromatic carbocycles. The Morgan fingerprint density at radius 1 is 1.08 bits per heavy atom. The summed E-state index contributed by atoms with van der Waals surface area (Å²) >= 11 is 8.71. The molecular weight excluding hydrogens is 412 g/mol. The molecule has 2 N–H and O–H groups in total. The Bertz CT molecular complexity index is 806. The number of hydrogen-bond donors (Lipinski definition) is 2. The summed E-state index contributed by atoms with van der Waals surface area (Å²) < 4.78 is 0.851. The van der Waals surface area contributed by atoms with Gasteiger partial charge in [0.05, 0.1) is 11.4 Å². The van der Waals surface area contributed by atoms with Crippen molar-refractivity contribution in [3.8, 4) is 0 Å². The van der Waals surface area contributed by atoms with Crippen molar-refractivity contribution in [1.29, 1.82) is 0 Å².